The lowest BCUT2D eigenvalue weighted by Crippen LogP contribution is -2.25. The van der Waals surface area contributed by atoms with Crippen LogP contribution in [0.2, 0.25) is 0 Å². The summed E-state index contributed by atoms with van der Waals surface area (Å²) in [6, 6.07) is 6.01. The van der Waals surface area contributed by atoms with Crippen LogP contribution in [0.5, 0.6) is 0 Å². The zero-order valence-corrected chi connectivity index (χ0v) is 18.6. The van der Waals surface area contributed by atoms with E-state index in [1.807, 2.05) is 26.0 Å². The van der Waals surface area contributed by atoms with Crippen LogP contribution in [0.15, 0.2) is 26.9 Å². The van der Waals surface area contributed by atoms with Gasteiger partial charge < -0.3 is 10.6 Å². The number of benzene rings is 1. The molecule has 3 aromatic rings. The number of thiazole rings is 1. The van der Waals surface area contributed by atoms with Gasteiger partial charge in [0.15, 0.2) is 13.8 Å². The van der Waals surface area contributed by atoms with Crippen molar-refractivity contribution in [2.75, 3.05) is 23.4 Å². The van der Waals surface area contributed by atoms with E-state index in [1.54, 1.807) is 0 Å². The predicted molar refractivity (Wildman–Crippen MR) is 118 cm³/mol. The number of rotatable bonds is 9. The molecule has 0 aliphatic carbocycles. The highest BCUT2D eigenvalue weighted by molar-refractivity contribution is 8.03. The van der Waals surface area contributed by atoms with Gasteiger partial charge in [0.25, 0.3) is 0 Å². The fraction of sp³-hybridized carbons (Fsp3) is 0.353. The van der Waals surface area contributed by atoms with Gasteiger partial charge in [-0.3, -0.25) is 9.59 Å². The quantitative estimate of drug-likeness (QED) is 0.476. The molecule has 0 radical (unpaired) electrons. The topological polar surface area (TPSA) is 96.9 Å². The van der Waals surface area contributed by atoms with E-state index in [0.29, 0.717) is 21.8 Å². The van der Waals surface area contributed by atoms with Gasteiger partial charge in [-0.1, -0.05) is 59.2 Å². The van der Waals surface area contributed by atoms with Gasteiger partial charge in [-0.15, -0.1) is 10.2 Å². The zero-order valence-electron chi connectivity index (χ0n) is 15.4. The normalized spacial score (nSPS) is 10.9. The number of nitrogens with zero attached hydrogens (tertiary/aromatic N) is 3. The van der Waals surface area contributed by atoms with Crippen molar-refractivity contribution in [3.05, 3.63) is 23.8 Å². The molecule has 2 heterocycles. The van der Waals surface area contributed by atoms with Crippen LogP contribution in [0.25, 0.3) is 10.2 Å². The van der Waals surface area contributed by atoms with Crippen molar-refractivity contribution in [1.82, 2.24) is 20.5 Å². The van der Waals surface area contributed by atoms with Crippen LogP contribution in [0, 0.1) is 6.92 Å². The molecule has 2 aromatic heterocycles. The monoisotopic (exact) mass is 453 g/mol. The number of thioether (sulfide) groups is 2. The van der Waals surface area contributed by atoms with Crippen LogP contribution in [0.4, 0.5) is 5.13 Å². The molecule has 2 N–H and O–H groups in total. The largest absolute Gasteiger partial charge is 0.355 e. The molecule has 7 nitrogen and oxygen atoms in total. The van der Waals surface area contributed by atoms with Crippen LogP contribution in [-0.2, 0) is 9.59 Å². The zero-order chi connectivity index (χ0) is 19.9. The van der Waals surface area contributed by atoms with Gasteiger partial charge in [-0.25, -0.2) is 4.98 Å². The highest BCUT2D eigenvalue weighted by Crippen LogP contribution is 2.30. The first-order valence-corrected chi connectivity index (χ1v) is 12.2. The van der Waals surface area contributed by atoms with Crippen LogP contribution in [0.3, 0.4) is 0 Å². The third-order valence-electron chi connectivity index (χ3n) is 3.40. The maximum absolute atomic E-state index is 12.2. The van der Waals surface area contributed by atoms with Gasteiger partial charge in [0.1, 0.15) is 0 Å². The summed E-state index contributed by atoms with van der Waals surface area (Å²) in [5.41, 5.74) is 2.05. The third kappa shape index (κ3) is 6.16. The lowest BCUT2D eigenvalue weighted by Gasteiger charge is -2.00. The van der Waals surface area contributed by atoms with Crippen molar-refractivity contribution in [3.63, 3.8) is 0 Å². The van der Waals surface area contributed by atoms with E-state index in [-0.39, 0.29) is 17.6 Å². The first-order chi connectivity index (χ1) is 13.5. The number of carbonyl (C=O) groups is 2. The van der Waals surface area contributed by atoms with Crippen molar-refractivity contribution in [1.29, 1.82) is 0 Å². The van der Waals surface area contributed by atoms with E-state index in [4.69, 9.17) is 0 Å². The number of nitrogens with one attached hydrogen (secondary N) is 2. The molecule has 11 heteroatoms. The summed E-state index contributed by atoms with van der Waals surface area (Å²) in [5, 5.41) is 14.4. The van der Waals surface area contributed by atoms with Crippen molar-refractivity contribution >= 4 is 73.4 Å². The van der Waals surface area contributed by atoms with Crippen LogP contribution >= 0.6 is 46.2 Å². The smallest absolute Gasteiger partial charge is 0.236 e. The Bertz CT molecular complexity index is 972. The van der Waals surface area contributed by atoms with E-state index in [2.05, 4.69) is 31.9 Å². The van der Waals surface area contributed by atoms with Gasteiger partial charge in [0, 0.05) is 6.54 Å². The average Bonchev–Trinajstić information content (AvgIpc) is 3.28. The lowest BCUT2D eigenvalue weighted by atomic mass is 10.2. The minimum atomic E-state index is -0.135. The fourth-order valence-electron chi connectivity index (χ4n) is 2.12. The van der Waals surface area contributed by atoms with E-state index >= 15 is 0 Å². The Morgan fingerprint density at radius 2 is 1.79 bits per heavy atom. The number of carbonyl (C=O) groups excluding carboxylic acids is 2. The number of anilines is 1. The lowest BCUT2D eigenvalue weighted by molar-refractivity contribution is -0.118. The Labute approximate surface area is 179 Å². The molecule has 0 saturated carbocycles. The molecule has 0 unspecified atom stereocenters. The average molecular weight is 454 g/mol. The van der Waals surface area contributed by atoms with E-state index in [1.165, 1.54) is 46.2 Å². The Hall–Kier alpha value is -1.69. The Kier molecular flexibility index (Phi) is 7.65. The third-order valence-corrected chi connectivity index (χ3v) is 7.53. The standard InChI is InChI=1S/C17H19N5O2S4/c1-3-6-18-13(23)8-25-16-21-22-17(28-16)26-9-14(24)20-15-19-11-5-4-10(2)7-12(11)27-15/h4-5,7H,3,6,8-9H2,1-2H3,(H,18,23)(H,19,20,24). The molecule has 0 aliphatic heterocycles. The molecule has 0 saturated heterocycles. The van der Waals surface area contributed by atoms with E-state index < -0.39 is 0 Å². The van der Waals surface area contributed by atoms with E-state index in [9.17, 15) is 9.59 Å². The number of hydrogen-bond donors (Lipinski definition) is 2. The SMILES string of the molecule is CCCNC(=O)CSc1nnc(SCC(=O)Nc2nc3ccc(C)cc3s2)s1. The number of aromatic nitrogens is 3. The second-order valence-electron chi connectivity index (χ2n) is 5.80. The number of aryl methyl sites for hydroxylation is 1. The van der Waals surface area contributed by atoms with Crippen molar-refractivity contribution < 1.29 is 9.59 Å². The fourth-order valence-corrected chi connectivity index (χ4v) is 5.75. The molecule has 0 atom stereocenters. The van der Waals surface area contributed by atoms with Gasteiger partial charge in [0.05, 0.1) is 21.7 Å². The van der Waals surface area contributed by atoms with Crippen LogP contribution < -0.4 is 10.6 Å². The molecule has 0 aliphatic rings. The summed E-state index contributed by atoms with van der Waals surface area (Å²) < 4.78 is 2.47. The second kappa shape index (κ2) is 10.2. The van der Waals surface area contributed by atoms with E-state index in [0.717, 1.165) is 26.5 Å². The first kappa shape index (κ1) is 21.0. The molecule has 0 bridgehead atoms. The molecule has 1 aromatic carbocycles. The Morgan fingerprint density at radius 3 is 2.50 bits per heavy atom. The summed E-state index contributed by atoms with van der Waals surface area (Å²) in [6.45, 7) is 4.72. The highest BCUT2D eigenvalue weighted by Gasteiger charge is 2.12. The molecule has 0 spiro atoms. The second-order valence-corrected chi connectivity index (χ2v) is 10.3. The molecule has 2 amide bonds. The van der Waals surface area contributed by atoms with Crippen molar-refractivity contribution in [2.24, 2.45) is 0 Å². The molecular formula is C17H19N5O2S4. The minimum absolute atomic E-state index is 0.0124. The van der Waals surface area contributed by atoms with Crippen LogP contribution in [0.1, 0.15) is 18.9 Å². The van der Waals surface area contributed by atoms with Gasteiger partial charge >= 0.3 is 0 Å². The van der Waals surface area contributed by atoms with Crippen molar-refractivity contribution in [2.45, 2.75) is 28.9 Å². The molecular weight excluding hydrogens is 434 g/mol. The summed E-state index contributed by atoms with van der Waals surface area (Å²) in [5.74, 6) is 0.396. The Morgan fingerprint density at radius 1 is 1.07 bits per heavy atom. The van der Waals surface area contributed by atoms with Gasteiger partial charge in [-0.05, 0) is 31.0 Å². The predicted octanol–water partition coefficient (Wildman–Crippen LogP) is 3.81. The summed E-state index contributed by atoms with van der Waals surface area (Å²) in [4.78, 5) is 28.2. The molecule has 0 fully saturated rings. The highest BCUT2D eigenvalue weighted by atomic mass is 32.2. The Balaban J connectivity index is 1.45. The van der Waals surface area contributed by atoms with Gasteiger partial charge in [-0.2, -0.15) is 0 Å². The summed E-state index contributed by atoms with van der Waals surface area (Å²) in [7, 11) is 0. The molecule has 28 heavy (non-hydrogen) atoms. The first-order valence-electron chi connectivity index (χ1n) is 8.56. The number of amides is 2. The number of hydrogen-bond acceptors (Lipinski definition) is 9. The number of fused-ring (bicyclic) bond motifs is 1. The molecule has 148 valence electrons. The van der Waals surface area contributed by atoms with Crippen molar-refractivity contribution in [3.8, 4) is 0 Å². The minimum Gasteiger partial charge on any atom is -0.355 e. The summed E-state index contributed by atoms with van der Waals surface area (Å²) in [6.07, 6.45) is 0.911. The van der Waals surface area contributed by atoms with Gasteiger partial charge in [0.2, 0.25) is 11.8 Å². The summed E-state index contributed by atoms with van der Waals surface area (Å²) >= 11 is 5.52. The maximum atomic E-state index is 12.2. The van der Waals surface area contributed by atoms with Crippen LogP contribution in [-0.4, -0.2) is 45.0 Å². The maximum Gasteiger partial charge on any atom is 0.236 e. The molecule has 3 rings (SSSR count).